The highest BCUT2D eigenvalue weighted by atomic mass is 16.5. The van der Waals surface area contributed by atoms with E-state index in [0.717, 1.165) is 45.4 Å². The van der Waals surface area contributed by atoms with E-state index in [1.165, 1.54) is 5.69 Å². The Morgan fingerprint density at radius 2 is 2.38 bits per heavy atom. The van der Waals surface area contributed by atoms with E-state index in [9.17, 15) is 4.79 Å². The SMILES string of the molecule is CCCO[C@H]1CCCN(C(=O)NCCc2cccn2C)C1. The van der Waals surface area contributed by atoms with Gasteiger partial charge in [-0.05, 0) is 31.4 Å². The molecular formula is C16H27N3O2. The van der Waals surface area contributed by atoms with Crippen LogP contribution in [0.5, 0.6) is 0 Å². The van der Waals surface area contributed by atoms with Gasteiger partial charge in [-0.15, -0.1) is 0 Å². The first-order valence-electron chi connectivity index (χ1n) is 7.95. The first kappa shape index (κ1) is 15.9. The summed E-state index contributed by atoms with van der Waals surface area (Å²) in [5.41, 5.74) is 1.23. The summed E-state index contributed by atoms with van der Waals surface area (Å²) in [7, 11) is 2.03. The Morgan fingerprint density at radius 1 is 1.52 bits per heavy atom. The second-order valence-corrected chi connectivity index (χ2v) is 5.67. The quantitative estimate of drug-likeness (QED) is 0.874. The Kier molecular flexibility index (Phi) is 6.11. The number of likely N-dealkylation sites (tertiary alicyclic amines) is 1. The van der Waals surface area contributed by atoms with Gasteiger partial charge in [-0.25, -0.2) is 4.79 Å². The van der Waals surface area contributed by atoms with Crippen LogP contribution in [0, 0.1) is 0 Å². The van der Waals surface area contributed by atoms with Gasteiger partial charge in [0.05, 0.1) is 6.10 Å². The normalized spacial score (nSPS) is 18.8. The lowest BCUT2D eigenvalue weighted by Crippen LogP contribution is -2.48. The maximum Gasteiger partial charge on any atom is 0.317 e. The van der Waals surface area contributed by atoms with E-state index in [2.05, 4.69) is 22.9 Å². The number of hydrogen-bond acceptors (Lipinski definition) is 2. The second-order valence-electron chi connectivity index (χ2n) is 5.67. The van der Waals surface area contributed by atoms with Crippen molar-refractivity contribution in [2.24, 2.45) is 7.05 Å². The molecule has 2 heterocycles. The first-order valence-corrected chi connectivity index (χ1v) is 7.95. The van der Waals surface area contributed by atoms with Crippen LogP contribution in [0.2, 0.25) is 0 Å². The Morgan fingerprint density at radius 3 is 3.10 bits per heavy atom. The molecule has 0 bridgehead atoms. The van der Waals surface area contributed by atoms with Crippen molar-refractivity contribution in [1.82, 2.24) is 14.8 Å². The molecule has 5 heteroatoms. The van der Waals surface area contributed by atoms with Crippen LogP contribution in [0.25, 0.3) is 0 Å². The minimum atomic E-state index is 0.0361. The van der Waals surface area contributed by atoms with Gasteiger partial charge in [-0.3, -0.25) is 0 Å². The number of aromatic nitrogens is 1. The summed E-state index contributed by atoms with van der Waals surface area (Å²) in [5.74, 6) is 0. The first-order chi connectivity index (χ1) is 10.2. The third-order valence-electron chi connectivity index (χ3n) is 3.93. The van der Waals surface area contributed by atoms with Gasteiger partial charge in [0.25, 0.3) is 0 Å². The van der Waals surface area contributed by atoms with Crippen molar-refractivity contribution >= 4 is 6.03 Å². The van der Waals surface area contributed by atoms with E-state index in [4.69, 9.17) is 4.74 Å². The van der Waals surface area contributed by atoms with Crippen molar-refractivity contribution in [3.05, 3.63) is 24.0 Å². The molecule has 2 amide bonds. The standard InChI is InChI=1S/C16H27N3O2/c1-3-12-21-15-7-5-11-19(13-15)16(20)17-9-8-14-6-4-10-18(14)2/h4,6,10,15H,3,5,7-9,11-13H2,1-2H3,(H,17,20)/t15-/m0/s1. The third-order valence-corrected chi connectivity index (χ3v) is 3.93. The minimum Gasteiger partial charge on any atom is -0.376 e. The monoisotopic (exact) mass is 293 g/mol. The lowest BCUT2D eigenvalue weighted by atomic mass is 10.1. The number of ether oxygens (including phenoxy) is 1. The van der Waals surface area contributed by atoms with Crippen LogP contribution in [0.3, 0.4) is 0 Å². The van der Waals surface area contributed by atoms with Gasteiger partial charge in [-0.2, -0.15) is 0 Å². The van der Waals surface area contributed by atoms with Crippen LogP contribution in [0.1, 0.15) is 31.9 Å². The molecule has 118 valence electrons. The van der Waals surface area contributed by atoms with Gasteiger partial charge in [0.1, 0.15) is 0 Å². The molecule has 1 saturated heterocycles. The van der Waals surface area contributed by atoms with Gasteiger partial charge >= 0.3 is 6.03 Å². The Labute approximate surface area is 127 Å². The number of hydrogen-bond donors (Lipinski definition) is 1. The molecule has 1 aliphatic heterocycles. The van der Waals surface area contributed by atoms with Crippen molar-refractivity contribution in [1.29, 1.82) is 0 Å². The molecule has 1 N–H and O–H groups in total. The van der Waals surface area contributed by atoms with E-state index in [0.29, 0.717) is 6.54 Å². The summed E-state index contributed by atoms with van der Waals surface area (Å²) in [5, 5.41) is 3.01. The average molecular weight is 293 g/mol. The van der Waals surface area contributed by atoms with E-state index < -0.39 is 0 Å². The maximum atomic E-state index is 12.2. The van der Waals surface area contributed by atoms with Crippen LogP contribution in [-0.4, -0.2) is 47.8 Å². The molecule has 1 aliphatic rings. The molecule has 1 fully saturated rings. The minimum absolute atomic E-state index is 0.0361. The lowest BCUT2D eigenvalue weighted by molar-refractivity contribution is 0.0101. The smallest absolute Gasteiger partial charge is 0.317 e. The number of piperidine rings is 1. The molecule has 0 aliphatic carbocycles. The molecule has 1 aromatic rings. The summed E-state index contributed by atoms with van der Waals surface area (Å²) < 4.78 is 7.85. The topological polar surface area (TPSA) is 46.5 Å². The fraction of sp³-hybridized carbons (Fsp3) is 0.688. The lowest BCUT2D eigenvalue weighted by Gasteiger charge is -2.32. The number of rotatable bonds is 6. The van der Waals surface area contributed by atoms with E-state index in [1.807, 2.05) is 24.2 Å². The highest BCUT2D eigenvalue weighted by Crippen LogP contribution is 2.13. The number of carbonyl (C=O) groups excluding carboxylic acids is 1. The zero-order valence-corrected chi connectivity index (χ0v) is 13.2. The number of urea groups is 1. The molecule has 0 spiro atoms. The summed E-state index contributed by atoms with van der Waals surface area (Å²) >= 11 is 0. The number of amides is 2. The Bertz CT molecular complexity index is 444. The van der Waals surface area contributed by atoms with Crippen molar-refractivity contribution < 1.29 is 9.53 Å². The zero-order valence-electron chi connectivity index (χ0n) is 13.2. The van der Waals surface area contributed by atoms with Gasteiger partial charge in [0.2, 0.25) is 0 Å². The molecule has 0 aromatic carbocycles. The van der Waals surface area contributed by atoms with E-state index >= 15 is 0 Å². The van der Waals surface area contributed by atoms with E-state index in [-0.39, 0.29) is 12.1 Å². The molecule has 5 nitrogen and oxygen atoms in total. The number of aryl methyl sites for hydroxylation is 1. The highest BCUT2D eigenvalue weighted by Gasteiger charge is 2.23. The summed E-state index contributed by atoms with van der Waals surface area (Å²) in [4.78, 5) is 14.1. The number of nitrogens with zero attached hydrogens (tertiary/aromatic N) is 2. The maximum absolute atomic E-state index is 12.2. The third kappa shape index (κ3) is 4.77. The van der Waals surface area contributed by atoms with Crippen LogP contribution in [-0.2, 0) is 18.2 Å². The van der Waals surface area contributed by atoms with Crippen LogP contribution in [0.15, 0.2) is 18.3 Å². The van der Waals surface area contributed by atoms with Crippen LogP contribution < -0.4 is 5.32 Å². The second kappa shape index (κ2) is 8.08. The molecule has 1 atom stereocenters. The number of nitrogens with one attached hydrogen (secondary N) is 1. The molecule has 21 heavy (non-hydrogen) atoms. The Balaban J connectivity index is 1.71. The fourth-order valence-electron chi connectivity index (χ4n) is 2.71. The van der Waals surface area contributed by atoms with Crippen LogP contribution in [0.4, 0.5) is 4.79 Å². The molecule has 0 radical (unpaired) electrons. The van der Waals surface area contributed by atoms with Crippen molar-refractivity contribution in [2.75, 3.05) is 26.2 Å². The van der Waals surface area contributed by atoms with Gasteiger partial charge < -0.3 is 19.5 Å². The largest absolute Gasteiger partial charge is 0.376 e. The predicted molar refractivity (Wildman–Crippen MR) is 83.4 cm³/mol. The van der Waals surface area contributed by atoms with Gasteiger partial charge in [0, 0.05) is 51.6 Å². The summed E-state index contributed by atoms with van der Waals surface area (Å²) in [6.07, 6.45) is 6.21. The van der Waals surface area contributed by atoms with Crippen molar-refractivity contribution in [3.8, 4) is 0 Å². The average Bonchev–Trinajstić information content (AvgIpc) is 2.91. The van der Waals surface area contributed by atoms with E-state index in [1.54, 1.807) is 0 Å². The summed E-state index contributed by atoms with van der Waals surface area (Å²) in [6, 6.07) is 4.15. The highest BCUT2D eigenvalue weighted by molar-refractivity contribution is 5.74. The van der Waals surface area contributed by atoms with Crippen molar-refractivity contribution in [2.45, 2.75) is 38.7 Å². The predicted octanol–water partition coefficient (Wildman–Crippen LogP) is 2.17. The Hall–Kier alpha value is -1.49. The summed E-state index contributed by atoms with van der Waals surface area (Å²) in [6.45, 7) is 5.12. The molecular weight excluding hydrogens is 266 g/mol. The number of carbonyl (C=O) groups is 1. The van der Waals surface area contributed by atoms with Crippen LogP contribution >= 0.6 is 0 Å². The molecule has 0 saturated carbocycles. The van der Waals surface area contributed by atoms with Gasteiger partial charge in [-0.1, -0.05) is 6.92 Å². The van der Waals surface area contributed by atoms with Crippen molar-refractivity contribution in [3.63, 3.8) is 0 Å². The molecule has 0 unspecified atom stereocenters. The fourth-order valence-corrected chi connectivity index (χ4v) is 2.71. The zero-order chi connectivity index (χ0) is 15.1. The molecule has 1 aromatic heterocycles. The molecule has 2 rings (SSSR count). The van der Waals surface area contributed by atoms with Gasteiger partial charge in [0.15, 0.2) is 0 Å².